The average molecular weight is 389 g/mol. The molecule has 132 valence electrons. The second-order valence-electron chi connectivity index (χ2n) is 5.23. The average Bonchev–Trinajstić information content (AvgIpc) is 3.12. The SMILES string of the molecule is COc1ccccc1C=NNC(=O)c1cc(-c2ccc(Cl)cc2Cl)n[nH]1. The summed E-state index contributed by atoms with van der Waals surface area (Å²) in [5, 5.41) is 11.7. The highest BCUT2D eigenvalue weighted by atomic mass is 35.5. The van der Waals surface area contributed by atoms with Crippen molar-refractivity contribution in [3.63, 3.8) is 0 Å². The van der Waals surface area contributed by atoms with Crippen LogP contribution < -0.4 is 10.2 Å². The molecule has 1 amide bonds. The van der Waals surface area contributed by atoms with Crippen molar-refractivity contribution in [2.24, 2.45) is 5.10 Å². The zero-order valence-electron chi connectivity index (χ0n) is 13.7. The standard InChI is InChI=1S/C18H14Cl2N4O2/c1-26-17-5-3-2-4-11(17)10-21-24-18(25)16-9-15(22-23-16)13-7-6-12(19)8-14(13)20/h2-10H,1H3,(H,22,23)(H,24,25). The van der Waals surface area contributed by atoms with Crippen LogP contribution in [0.4, 0.5) is 0 Å². The fraction of sp³-hybridized carbons (Fsp3) is 0.0556. The molecule has 0 aliphatic heterocycles. The number of hydrazone groups is 1. The smallest absolute Gasteiger partial charge is 0.289 e. The number of para-hydroxylation sites is 1. The van der Waals surface area contributed by atoms with Gasteiger partial charge in [-0.05, 0) is 36.4 Å². The number of rotatable bonds is 5. The summed E-state index contributed by atoms with van der Waals surface area (Å²) >= 11 is 12.0. The molecule has 0 radical (unpaired) electrons. The Morgan fingerprint density at radius 2 is 2.04 bits per heavy atom. The molecule has 1 aromatic heterocycles. The first-order chi connectivity index (χ1) is 12.6. The highest BCUT2D eigenvalue weighted by Gasteiger charge is 2.12. The van der Waals surface area contributed by atoms with Gasteiger partial charge in [0.2, 0.25) is 0 Å². The number of benzene rings is 2. The van der Waals surface area contributed by atoms with E-state index >= 15 is 0 Å². The molecule has 0 bridgehead atoms. The normalized spacial score (nSPS) is 10.9. The Morgan fingerprint density at radius 3 is 2.81 bits per heavy atom. The van der Waals surface area contributed by atoms with Crippen LogP contribution in [-0.4, -0.2) is 29.4 Å². The lowest BCUT2D eigenvalue weighted by Crippen LogP contribution is -2.18. The summed E-state index contributed by atoms with van der Waals surface area (Å²) in [6.07, 6.45) is 1.50. The van der Waals surface area contributed by atoms with E-state index in [2.05, 4.69) is 20.7 Å². The van der Waals surface area contributed by atoms with Crippen LogP contribution in [0.5, 0.6) is 5.75 Å². The van der Waals surface area contributed by atoms with E-state index in [1.54, 1.807) is 37.4 Å². The lowest BCUT2D eigenvalue weighted by Gasteiger charge is -2.02. The summed E-state index contributed by atoms with van der Waals surface area (Å²) in [6, 6.07) is 14.0. The van der Waals surface area contributed by atoms with Gasteiger partial charge in [0.25, 0.3) is 5.91 Å². The number of hydrogen-bond acceptors (Lipinski definition) is 4. The first-order valence-electron chi connectivity index (χ1n) is 7.55. The zero-order chi connectivity index (χ0) is 18.5. The molecule has 0 atom stereocenters. The molecule has 2 N–H and O–H groups in total. The second kappa shape index (κ2) is 8.03. The van der Waals surface area contributed by atoms with E-state index in [1.165, 1.54) is 6.21 Å². The number of aromatic amines is 1. The van der Waals surface area contributed by atoms with Gasteiger partial charge in [0.15, 0.2) is 0 Å². The predicted octanol–water partition coefficient (Wildman–Crippen LogP) is 4.16. The third-order valence-corrected chi connectivity index (χ3v) is 4.09. The number of amides is 1. The number of aromatic nitrogens is 2. The quantitative estimate of drug-likeness (QED) is 0.508. The van der Waals surface area contributed by atoms with Crippen molar-refractivity contribution >= 4 is 35.3 Å². The molecular weight excluding hydrogens is 375 g/mol. The lowest BCUT2D eigenvalue weighted by molar-refractivity contribution is 0.0950. The van der Waals surface area contributed by atoms with Crippen LogP contribution in [0.25, 0.3) is 11.3 Å². The van der Waals surface area contributed by atoms with Crippen molar-refractivity contribution in [3.8, 4) is 17.0 Å². The molecule has 0 saturated heterocycles. The highest BCUT2D eigenvalue weighted by molar-refractivity contribution is 6.36. The van der Waals surface area contributed by atoms with Crippen molar-refractivity contribution in [2.75, 3.05) is 7.11 Å². The van der Waals surface area contributed by atoms with Crippen LogP contribution in [0.1, 0.15) is 16.1 Å². The molecule has 0 spiro atoms. The summed E-state index contributed by atoms with van der Waals surface area (Å²) in [7, 11) is 1.57. The number of carbonyl (C=O) groups is 1. The number of halogens is 2. The molecule has 0 aliphatic carbocycles. The molecular formula is C18H14Cl2N4O2. The van der Waals surface area contributed by atoms with Crippen LogP contribution in [0.3, 0.4) is 0 Å². The number of methoxy groups -OCH3 is 1. The Morgan fingerprint density at radius 1 is 1.23 bits per heavy atom. The monoisotopic (exact) mass is 388 g/mol. The summed E-state index contributed by atoms with van der Waals surface area (Å²) in [5.41, 5.74) is 4.64. The summed E-state index contributed by atoms with van der Waals surface area (Å²) in [5.74, 6) is 0.228. The maximum Gasteiger partial charge on any atom is 0.289 e. The Bertz CT molecular complexity index is 969. The summed E-state index contributed by atoms with van der Waals surface area (Å²) in [6.45, 7) is 0. The van der Waals surface area contributed by atoms with E-state index in [9.17, 15) is 4.79 Å². The maximum atomic E-state index is 12.2. The topological polar surface area (TPSA) is 79.4 Å². The van der Waals surface area contributed by atoms with Gasteiger partial charge in [0.05, 0.1) is 24.0 Å². The molecule has 1 heterocycles. The van der Waals surface area contributed by atoms with Gasteiger partial charge in [-0.3, -0.25) is 9.89 Å². The van der Waals surface area contributed by atoms with Crippen LogP contribution in [0, 0.1) is 0 Å². The molecule has 0 saturated carbocycles. The Kier molecular flexibility index (Phi) is 5.55. The molecule has 0 fully saturated rings. The molecule has 3 rings (SSSR count). The maximum absolute atomic E-state index is 12.2. The summed E-state index contributed by atoms with van der Waals surface area (Å²) in [4.78, 5) is 12.2. The Balaban J connectivity index is 1.71. The van der Waals surface area contributed by atoms with Gasteiger partial charge in [0.1, 0.15) is 11.4 Å². The third-order valence-electron chi connectivity index (χ3n) is 3.54. The van der Waals surface area contributed by atoms with E-state index in [-0.39, 0.29) is 5.69 Å². The predicted molar refractivity (Wildman–Crippen MR) is 102 cm³/mol. The summed E-state index contributed by atoms with van der Waals surface area (Å²) < 4.78 is 5.22. The van der Waals surface area contributed by atoms with E-state index in [0.717, 1.165) is 5.56 Å². The van der Waals surface area contributed by atoms with E-state index in [0.29, 0.717) is 27.1 Å². The van der Waals surface area contributed by atoms with Crippen molar-refractivity contribution in [2.45, 2.75) is 0 Å². The van der Waals surface area contributed by atoms with Crippen LogP contribution in [-0.2, 0) is 0 Å². The minimum Gasteiger partial charge on any atom is -0.496 e. The van der Waals surface area contributed by atoms with Crippen molar-refractivity contribution < 1.29 is 9.53 Å². The van der Waals surface area contributed by atoms with Gasteiger partial charge in [0, 0.05) is 16.1 Å². The van der Waals surface area contributed by atoms with E-state index in [4.69, 9.17) is 27.9 Å². The van der Waals surface area contributed by atoms with E-state index < -0.39 is 5.91 Å². The number of hydrogen-bond donors (Lipinski definition) is 2. The fourth-order valence-electron chi connectivity index (χ4n) is 2.27. The van der Waals surface area contributed by atoms with Crippen molar-refractivity contribution in [1.82, 2.24) is 15.6 Å². The zero-order valence-corrected chi connectivity index (χ0v) is 15.2. The van der Waals surface area contributed by atoms with Crippen LogP contribution in [0.2, 0.25) is 10.0 Å². The largest absolute Gasteiger partial charge is 0.496 e. The Labute approximate surface area is 159 Å². The van der Waals surface area contributed by atoms with Crippen molar-refractivity contribution in [1.29, 1.82) is 0 Å². The van der Waals surface area contributed by atoms with Gasteiger partial charge in [-0.15, -0.1) is 0 Å². The molecule has 6 nitrogen and oxygen atoms in total. The number of H-pyrrole nitrogens is 1. The molecule has 0 aliphatic rings. The van der Waals surface area contributed by atoms with Gasteiger partial charge in [-0.1, -0.05) is 35.3 Å². The van der Waals surface area contributed by atoms with Crippen molar-refractivity contribution in [3.05, 3.63) is 69.8 Å². The van der Waals surface area contributed by atoms with Crippen LogP contribution in [0.15, 0.2) is 53.6 Å². The first kappa shape index (κ1) is 18.0. The third kappa shape index (κ3) is 4.04. The number of nitrogens with one attached hydrogen (secondary N) is 2. The first-order valence-corrected chi connectivity index (χ1v) is 8.31. The van der Waals surface area contributed by atoms with Crippen LogP contribution >= 0.6 is 23.2 Å². The van der Waals surface area contributed by atoms with Gasteiger partial charge in [-0.2, -0.15) is 10.2 Å². The second-order valence-corrected chi connectivity index (χ2v) is 6.08. The fourth-order valence-corrected chi connectivity index (χ4v) is 2.77. The Hall–Kier alpha value is -2.83. The molecule has 8 heteroatoms. The number of carbonyl (C=O) groups excluding carboxylic acids is 1. The number of ether oxygens (including phenoxy) is 1. The molecule has 0 unspecified atom stereocenters. The van der Waals surface area contributed by atoms with Gasteiger partial charge in [-0.25, -0.2) is 5.43 Å². The minimum atomic E-state index is -0.431. The minimum absolute atomic E-state index is 0.253. The van der Waals surface area contributed by atoms with Gasteiger partial charge >= 0.3 is 0 Å². The van der Waals surface area contributed by atoms with Gasteiger partial charge < -0.3 is 4.74 Å². The van der Waals surface area contributed by atoms with E-state index in [1.807, 2.05) is 18.2 Å². The number of nitrogens with zero attached hydrogens (tertiary/aromatic N) is 2. The molecule has 2 aromatic carbocycles. The lowest BCUT2D eigenvalue weighted by atomic mass is 10.1. The molecule has 26 heavy (non-hydrogen) atoms. The highest BCUT2D eigenvalue weighted by Crippen LogP contribution is 2.29. The molecule has 3 aromatic rings.